The van der Waals surface area contributed by atoms with E-state index >= 15 is 0 Å². The highest BCUT2D eigenvalue weighted by Gasteiger charge is 2.54. The second-order valence-electron chi connectivity index (χ2n) is 11.7. The van der Waals surface area contributed by atoms with Gasteiger partial charge in [-0.3, -0.25) is 9.59 Å². The van der Waals surface area contributed by atoms with Gasteiger partial charge in [0.05, 0.1) is 25.2 Å². The zero-order valence-corrected chi connectivity index (χ0v) is 21.9. The monoisotopic (exact) mass is 484 g/mol. The number of methoxy groups -OCH3 is 1. The molecule has 0 bridgehead atoms. The lowest BCUT2D eigenvalue weighted by Gasteiger charge is -2.56. The third-order valence-electron chi connectivity index (χ3n) is 9.49. The lowest BCUT2D eigenvalue weighted by molar-refractivity contribution is -0.152. The van der Waals surface area contributed by atoms with Crippen molar-refractivity contribution in [3.63, 3.8) is 0 Å². The van der Waals surface area contributed by atoms with Gasteiger partial charge in [0.25, 0.3) is 0 Å². The Morgan fingerprint density at radius 3 is 2.63 bits per heavy atom. The molecule has 194 valence electrons. The molecule has 1 aromatic carbocycles. The summed E-state index contributed by atoms with van der Waals surface area (Å²) in [5.41, 5.74) is 1.06. The first-order chi connectivity index (χ1) is 16.7. The molecule has 0 spiro atoms. The van der Waals surface area contributed by atoms with Crippen LogP contribution in [0.1, 0.15) is 64.9 Å². The number of hydrogen-bond acceptors (Lipinski definition) is 4. The van der Waals surface area contributed by atoms with E-state index in [0.717, 1.165) is 50.6 Å². The van der Waals surface area contributed by atoms with E-state index in [1.165, 1.54) is 0 Å². The molecule has 6 heteroatoms. The topological polar surface area (TPSA) is 78.9 Å². The number of rotatable bonds is 7. The summed E-state index contributed by atoms with van der Waals surface area (Å²) in [5.74, 6) is 0.161. The van der Waals surface area contributed by atoms with Crippen molar-refractivity contribution >= 4 is 11.8 Å². The maximum atomic E-state index is 13.5. The van der Waals surface area contributed by atoms with Gasteiger partial charge >= 0.3 is 0 Å². The van der Waals surface area contributed by atoms with Gasteiger partial charge in [-0.2, -0.15) is 0 Å². The number of aliphatic hydroxyl groups excluding tert-OH is 1. The molecule has 2 amide bonds. The summed E-state index contributed by atoms with van der Waals surface area (Å²) in [6.07, 6.45) is 5.67. The summed E-state index contributed by atoms with van der Waals surface area (Å²) in [6.45, 7) is 7.86. The molecule has 4 rings (SSSR count). The molecule has 6 nitrogen and oxygen atoms in total. The number of nitrogens with zero attached hydrogens (tertiary/aromatic N) is 1. The van der Waals surface area contributed by atoms with Gasteiger partial charge in [-0.1, -0.05) is 51.1 Å². The number of likely N-dealkylation sites (tertiary alicyclic amines) is 1. The molecule has 0 radical (unpaired) electrons. The fraction of sp³-hybridized carbons (Fsp3) is 0.724. The van der Waals surface area contributed by atoms with Crippen molar-refractivity contribution in [3.05, 3.63) is 35.9 Å². The first-order valence-electron chi connectivity index (χ1n) is 13.6. The molecule has 2 N–H and O–H groups in total. The van der Waals surface area contributed by atoms with Gasteiger partial charge in [0.15, 0.2) is 0 Å². The zero-order chi connectivity index (χ0) is 25.2. The predicted octanol–water partition coefficient (Wildman–Crippen LogP) is 3.81. The highest BCUT2D eigenvalue weighted by Crippen LogP contribution is 2.55. The number of benzene rings is 1. The number of fused-ring (bicyclic) bond motifs is 1. The quantitative estimate of drug-likeness (QED) is 0.617. The first kappa shape index (κ1) is 26.2. The van der Waals surface area contributed by atoms with Crippen LogP contribution < -0.4 is 5.32 Å². The van der Waals surface area contributed by atoms with Crippen molar-refractivity contribution in [1.29, 1.82) is 0 Å². The highest BCUT2D eigenvalue weighted by atomic mass is 16.5. The molecule has 35 heavy (non-hydrogen) atoms. The minimum absolute atomic E-state index is 0.0419. The van der Waals surface area contributed by atoms with Gasteiger partial charge < -0.3 is 20.1 Å². The third-order valence-corrected chi connectivity index (χ3v) is 9.49. The van der Waals surface area contributed by atoms with E-state index in [2.05, 4.69) is 19.2 Å². The Labute approximate surface area is 210 Å². The Balaban J connectivity index is 1.43. The number of nitrogens with one attached hydrogen (secondary N) is 1. The van der Waals surface area contributed by atoms with Crippen LogP contribution in [0.4, 0.5) is 0 Å². The number of hydrogen-bond donors (Lipinski definition) is 2. The SMILES string of the molecule is COC[C@H]1CCCN1C(=O)[C@@H](C)C1CC[C@@]2(C)CC[C@H](NC(=O)Cc3ccccc3)[C@@H](C)[C@@H]2[C@H]1O. The Morgan fingerprint density at radius 1 is 1.20 bits per heavy atom. The number of carbonyl (C=O) groups is 2. The van der Waals surface area contributed by atoms with Gasteiger partial charge in [-0.05, 0) is 67.3 Å². The highest BCUT2D eigenvalue weighted by molar-refractivity contribution is 5.80. The van der Waals surface area contributed by atoms with Crippen LogP contribution in [0.2, 0.25) is 0 Å². The summed E-state index contributed by atoms with van der Waals surface area (Å²) in [7, 11) is 1.69. The summed E-state index contributed by atoms with van der Waals surface area (Å²) in [4.78, 5) is 28.3. The lowest BCUT2D eigenvalue weighted by atomic mass is 9.51. The van der Waals surface area contributed by atoms with Gasteiger partial charge in [0.2, 0.25) is 11.8 Å². The van der Waals surface area contributed by atoms with Crippen LogP contribution in [0.5, 0.6) is 0 Å². The molecule has 3 fully saturated rings. The van der Waals surface area contributed by atoms with Crippen molar-refractivity contribution in [2.45, 2.75) is 83.9 Å². The van der Waals surface area contributed by atoms with E-state index in [1.54, 1.807) is 7.11 Å². The molecule has 2 saturated carbocycles. The van der Waals surface area contributed by atoms with E-state index in [0.29, 0.717) is 13.0 Å². The smallest absolute Gasteiger partial charge is 0.226 e. The van der Waals surface area contributed by atoms with E-state index in [4.69, 9.17) is 4.74 Å². The molecule has 1 aromatic rings. The second kappa shape index (κ2) is 11.0. The van der Waals surface area contributed by atoms with Crippen LogP contribution in [0.25, 0.3) is 0 Å². The van der Waals surface area contributed by atoms with E-state index in [1.807, 2.05) is 42.2 Å². The molecule has 8 atom stereocenters. The number of aliphatic hydroxyl groups is 1. The fourth-order valence-electron chi connectivity index (χ4n) is 7.47. The van der Waals surface area contributed by atoms with Crippen molar-refractivity contribution in [3.8, 4) is 0 Å². The van der Waals surface area contributed by atoms with Crippen LogP contribution in [-0.2, 0) is 20.7 Å². The largest absolute Gasteiger partial charge is 0.392 e. The third kappa shape index (κ3) is 5.43. The van der Waals surface area contributed by atoms with Crippen molar-refractivity contribution in [1.82, 2.24) is 10.2 Å². The minimum atomic E-state index is -0.542. The van der Waals surface area contributed by atoms with Crippen LogP contribution in [0, 0.1) is 29.1 Å². The standard InChI is InChI=1S/C29H44N2O4/c1-19(28(34)31-16-8-11-22(31)18-35-4)23-12-14-29(3)15-13-24(20(2)26(29)27(23)33)30-25(32)17-21-9-6-5-7-10-21/h5-7,9-10,19-20,22-24,26-27,33H,8,11-18H2,1-4H3,(H,30,32)/t19-,20+,22+,23?,24-,26+,27-,29-/m0/s1. The van der Waals surface area contributed by atoms with Crippen molar-refractivity contribution < 1.29 is 19.4 Å². The normalized spacial score (nSPS) is 35.9. The summed E-state index contributed by atoms with van der Waals surface area (Å²) in [5, 5.41) is 15.0. The number of carbonyl (C=O) groups excluding carboxylic acids is 2. The molecule has 1 heterocycles. The van der Waals surface area contributed by atoms with E-state index < -0.39 is 6.10 Å². The Kier molecular flexibility index (Phi) is 8.22. The van der Waals surface area contributed by atoms with Crippen LogP contribution in [0.15, 0.2) is 30.3 Å². The number of ether oxygens (including phenoxy) is 1. The molecule has 0 aromatic heterocycles. The van der Waals surface area contributed by atoms with Gasteiger partial charge in [-0.15, -0.1) is 0 Å². The Morgan fingerprint density at radius 2 is 1.91 bits per heavy atom. The van der Waals surface area contributed by atoms with Gasteiger partial charge in [0, 0.05) is 25.6 Å². The summed E-state index contributed by atoms with van der Waals surface area (Å²) < 4.78 is 5.35. The Bertz CT molecular complexity index is 877. The molecule has 1 unspecified atom stereocenters. The molecular weight excluding hydrogens is 440 g/mol. The number of amides is 2. The van der Waals surface area contributed by atoms with Crippen LogP contribution in [-0.4, -0.2) is 60.3 Å². The minimum Gasteiger partial charge on any atom is -0.392 e. The second-order valence-corrected chi connectivity index (χ2v) is 11.7. The lowest BCUT2D eigenvalue weighted by Crippen LogP contribution is -2.59. The van der Waals surface area contributed by atoms with E-state index in [9.17, 15) is 14.7 Å². The van der Waals surface area contributed by atoms with Gasteiger partial charge in [0.1, 0.15) is 0 Å². The predicted molar refractivity (Wildman–Crippen MR) is 137 cm³/mol. The first-order valence-corrected chi connectivity index (χ1v) is 13.6. The molecule has 1 saturated heterocycles. The van der Waals surface area contributed by atoms with Gasteiger partial charge in [-0.25, -0.2) is 0 Å². The van der Waals surface area contributed by atoms with Crippen molar-refractivity contribution in [2.24, 2.45) is 29.1 Å². The maximum absolute atomic E-state index is 13.5. The van der Waals surface area contributed by atoms with Crippen LogP contribution in [0.3, 0.4) is 0 Å². The maximum Gasteiger partial charge on any atom is 0.226 e. The molecule has 1 aliphatic heterocycles. The fourth-order valence-corrected chi connectivity index (χ4v) is 7.47. The Hall–Kier alpha value is -1.92. The average molecular weight is 485 g/mol. The van der Waals surface area contributed by atoms with Crippen molar-refractivity contribution in [2.75, 3.05) is 20.3 Å². The zero-order valence-electron chi connectivity index (χ0n) is 21.9. The molecular formula is C29H44N2O4. The van der Waals surface area contributed by atoms with Crippen LogP contribution >= 0.6 is 0 Å². The summed E-state index contributed by atoms with van der Waals surface area (Å²) >= 11 is 0. The molecule has 2 aliphatic carbocycles. The molecule has 3 aliphatic rings. The summed E-state index contributed by atoms with van der Waals surface area (Å²) in [6, 6.07) is 10.0. The average Bonchev–Trinajstić information content (AvgIpc) is 3.29. The van der Waals surface area contributed by atoms with E-state index in [-0.39, 0.29) is 53.0 Å².